The summed E-state index contributed by atoms with van der Waals surface area (Å²) in [6.45, 7) is 2.82. The number of nitrogens with two attached hydrogens (primary N) is 1. The lowest BCUT2D eigenvalue weighted by molar-refractivity contribution is 0.366. The van der Waals surface area contributed by atoms with Crippen LogP contribution in [0, 0.1) is 0 Å². The maximum Gasteiger partial charge on any atom is 0.0108 e. The third kappa shape index (κ3) is 4.65. The van der Waals surface area contributed by atoms with Gasteiger partial charge in [-0.05, 0) is 19.2 Å². The van der Waals surface area contributed by atoms with E-state index in [2.05, 4.69) is 36.2 Å². The summed E-state index contributed by atoms with van der Waals surface area (Å²) in [5, 5.41) is 0. The van der Waals surface area contributed by atoms with E-state index in [4.69, 9.17) is 5.73 Å². The van der Waals surface area contributed by atoms with Crippen LogP contribution in [0.25, 0.3) is 0 Å². The highest BCUT2D eigenvalue weighted by Gasteiger charge is 1.97. The van der Waals surface area contributed by atoms with Crippen molar-refractivity contribution in [1.82, 2.24) is 4.90 Å². The smallest absolute Gasteiger partial charge is 0.0108 e. The van der Waals surface area contributed by atoms with Gasteiger partial charge in [-0.15, -0.1) is 11.8 Å². The Balaban J connectivity index is 2.16. The van der Waals surface area contributed by atoms with Crippen LogP contribution in [0.4, 0.5) is 0 Å². The van der Waals surface area contributed by atoms with Crippen molar-refractivity contribution in [2.75, 3.05) is 32.4 Å². The molecule has 3 heteroatoms. The van der Waals surface area contributed by atoms with E-state index < -0.39 is 0 Å². The van der Waals surface area contributed by atoms with Gasteiger partial charge in [0, 0.05) is 30.3 Å². The Hall–Kier alpha value is -0.510. The van der Waals surface area contributed by atoms with Crippen molar-refractivity contribution in [3.8, 4) is 0 Å². The number of nitrogens with zero attached hydrogens (tertiary/aromatic N) is 1. The Morgan fingerprint density at radius 2 is 1.93 bits per heavy atom. The zero-order valence-electron chi connectivity index (χ0n) is 8.65. The molecule has 0 amide bonds. The van der Waals surface area contributed by atoms with E-state index in [1.165, 1.54) is 4.90 Å². The van der Waals surface area contributed by atoms with Gasteiger partial charge in [0.15, 0.2) is 0 Å². The Labute approximate surface area is 90.5 Å². The van der Waals surface area contributed by atoms with Crippen molar-refractivity contribution in [2.24, 2.45) is 5.73 Å². The molecule has 0 saturated carbocycles. The highest BCUT2D eigenvalue weighted by Crippen LogP contribution is 2.16. The number of rotatable bonds is 6. The van der Waals surface area contributed by atoms with E-state index in [1.807, 2.05) is 17.8 Å². The van der Waals surface area contributed by atoms with Gasteiger partial charge in [0.2, 0.25) is 0 Å². The fourth-order valence-corrected chi connectivity index (χ4v) is 2.16. The number of thioether (sulfide) groups is 1. The maximum atomic E-state index is 5.46. The molecule has 1 aromatic rings. The molecule has 0 bridgehead atoms. The van der Waals surface area contributed by atoms with Crippen LogP contribution in [0.2, 0.25) is 0 Å². The van der Waals surface area contributed by atoms with E-state index in [9.17, 15) is 0 Å². The average Bonchev–Trinajstić information content (AvgIpc) is 2.20. The molecule has 0 fully saturated rings. The minimum absolute atomic E-state index is 0.743. The Morgan fingerprint density at radius 3 is 2.57 bits per heavy atom. The van der Waals surface area contributed by atoms with Gasteiger partial charge in [-0.3, -0.25) is 0 Å². The minimum atomic E-state index is 0.743. The lowest BCUT2D eigenvalue weighted by Gasteiger charge is -2.14. The van der Waals surface area contributed by atoms with Crippen LogP contribution in [0.5, 0.6) is 0 Å². The van der Waals surface area contributed by atoms with Crippen molar-refractivity contribution in [1.29, 1.82) is 0 Å². The zero-order chi connectivity index (χ0) is 10.2. The summed E-state index contributed by atoms with van der Waals surface area (Å²) in [5.74, 6) is 1.13. The summed E-state index contributed by atoms with van der Waals surface area (Å²) >= 11 is 1.89. The second kappa shape index (κ2) is 6.87. The first-order valence-corrected chi connectivity index (χ1v) is 5.88. The van der Waals surface area contributed by atoms with E-state index in [0.29, 0.717) is 0 Å². The molecule has 0 aliphatic heterocycles. The largest absolute Gasteiger partial charge is 0.329 e. The molecule has 0 aliphatic carbocycles. The van der Waals surface area contributed by atoms with Crippen LogP contribution in [0.15, 0.2) is 35.2 Å². The molecular weight excluding hydrogens is 192 g/mol. The van der Waals surface area contributed by atoms with Crippen LogP contribution >= 0.6 is 11.8 Å². The predicted octanol–water partition coefficient (Wildman–Crippen LogP) is 1.67. The molecule has 0 saturated heterocycles. The van der Waals surface area contributed by atoms with E-state index in [1.54, 1.807) is 0 Å². The van der Waals surface area contributed by atoms with Gasteiger partial charge in [-0.2, -0.15) is 0 Å². The van der Waals surface area contributed by atoms with Gasteiger partial charge in [0.1, 0.15) is 0 Å². The Kier molecular flexibility index (Phi) is 5.68. The third-order valence-electron chi connectivity index (χ3n) is 2.00. The molecule has 0 aromatic heterocycles. The topological polar surface area (TPSA) is 29.3 Å². The van der Waals surface area contributed by atoms with Gasteiger partial charge >= 0.3 is 0 Å². The van der Waals surface area contributed by atoms with Crippen LogP contribution in [0.1, 0.15) is 0 Å². The third-order valence-corrected chi connectivity index (χ3v) is 2.99. The SMILES string of the molecule is CN(CCN)CCSc1ccccc1. The summed E-state index contributed by atoms with van der Waals surface area (Å²) < 4.78 is 0. The van der Waals surface area contributed by atoms with Gasteiger partial charge in [-0.1, -0.05) is 18.2 Å². The van der Waals surface area contributed by atoms with E-state index >= 15 is 0 Å². The van der Waals surface area contributed by atoms with Crippen molar-refractivity contribution < 1.29 is 0 Å². The summed E-state index contributed by atoms with van der Waals surface area (Å²) in [4.78, 5) is 3.60. The standard InChI is InChI=1S/C11H18N2S/c1-13(8-7-12)9-10-14-11-5-3-2-4-6-11/h2-6H,7-10,12H2,1H3. The minimum Gasteiger partial charge on any atom is -0.329 e. The molecule has 78 valence electrons. The Bertz CT molecular complexity index is 238. The molecule has 1 aromatic carbocycles. The van der Waals surface area contributed by atoms with Gasteiger partial charge in [0.25, 0.3) is 0 Å². The van der Waals surface area contributed by atoms with Gasteiger partial charge in [-0.25, -0.2) is 0 Å². The number of hydrogen-bond donors (Lipinski definition) is 1. The fourth-order valence-electron chi connectivity index (χ4n) is 1.17. The number of hydrogen-bond acceptors (Lipinski definition) is 3. The first kappa shape index (κ1) is 11.6. The molecule has 0 atom stereocenters. The monoisotopic (exact) mass is 210 g/mol. The summed E-state index contributed by atoms with van der Waals surface area (Å²) in [6.07, 6.45) is 0. The molecule has 2 N–H and O–H groups in total. The molecule has 2 nitrogen and oxygen atoms in total. The van der Waals surface area contributed by atoms with Gasteiger partial charge < -0.3 is 10.6 Å². The molecule has 0 heterocycles. The van der Waals surface area contributed by atoms with Crippen LogP contribution in [-0.4, -0.2) is 37.3 Å². The van der Waals surface area contributed by atoms with Gasteiger partial charge in [0.05, 0.1) is 0 Å². The second-order valence-corrected chi connectivity index (χ2v) is 4.42. The van der Waals surface area contributed by atoms with Crippen molar-refractivity contribution in [3.63, 3.8) is 0 Å². The van der Waals surface area contributed by atoms with Crippen LogP contribution < -0.4 is 5.73 Å². The lowest BCUT2D eigenvalue weighted by Crippen LogP contribution is -2.27. The molecule has 0 unspecified atom stereocenters. The average molecular weight is 210 g/mol. The normalized spacial score (nSPS) is 10.8. The predicted molar refractivity (Wildman–Crippen MR) is 63.7 cm³/mol. The number of likely N-dealkylation sites (N-methyl/N-ethyl adjacent to an activating group) is 1. The van der Waals surface area contributed by atoms with Crippen molar-refractivity contribution >= 4 is 11.8 Å². The maximum absolute atomic E-state index is 5.46. The molecule has 0 spiro atoms. The molecular formula is C11H18N2S. The lowest BCUT2D eigenvalue weighted by atomic mass is 10.4. The van der Waals surface area contributed by atoms with E-state index in [-0.39, 0.29) is 0 Å². The first-order valence-electron chi connectivity index (χ1n) is 4.89. The fraction of sp³-hybridized carbons (Fsp3) is 0.455. The summed E-state index contributed by atoms with van der Waals surface area (Å²) in [7, 11) is 2.11. The van der Waals surface area contributed by atoms with Crippen molar-refractivity contribution in [3.05, 3.63) is 30.3 Å². The quantitative estimate of drug-likeness (QED) is 0.724. The summed E-state index contributed by atoms with van der Waals surface area (Å²) in [6, 6.07) is 10.5. The first-order chi connectivity index (χ1) is 6.83. The Morgan fingerprint density at radius 1 is 1.21 bits per heavy atom. The van der Waals surface area contributed by atoms with Crippen LogP contribution in [-0.2, 0) is 0 Å². The number of benzene rings is 1. The summed E-state index contributed by atoms with van der Waals surface area (Å²) in [5.41, 5.74) is 5.46. The molecule has 0 aliphatic rings. The highest BCUT2D eigenvalue weighted by atomic mass is 32.2. The van der Waals surface area contributed by atoms with E-state index in [0.717, 1.165) is 25.4 Å². The zero-order valence-corrected chi connectivity index (χ0v) is 9.46. The molecule has 14 heavy (non-hydrogen) atoms. The second-order valence-electron chi connectivity index (χ2n) is 3.25. The molecule has 0 radical (unpaired) electrons. The highest BCUT2D eigenvalue weighted by molar-refractivity contribution is 7.99. The van der Waals surface area contributed by atoms with Crippen molar-refractivity contribution in [2.45, 2.75) is 4.90 Å². The molecule has 1 rings (SSSR count). The van der Waals surface area contributed by atoms with Crippen LogP contribution in [0.3, 0.4) is 0 Å².